The van der Waals surface area contributed by atoms with Crippen LogP contribution in [0.3, 0.4) is 0 Å². The summed E-state index contributed by atoms with van der Waals surface area (Å²) in [6, 6.07) is 10.0. The summed E-state index contributed by atoms with van der Waals surface area (Å²) < 4.78 is 11.2. The summed E-state index contributed by atoms with van der Waals surface area (Å²) in [6.45, 7) is 7.53. The highest BCUT2D eigenvalue weighted by Crippen LogP contribution is 2.20. The Bertz CT molecular complexity index is 735. The van der Waals surface area contributed by atoms with Gasteiger partial charge in [-0.2, -0.15) is 0 Å². The van der Waals surface area contributed by atoms with Crippen LogP contribution in [0.25, 0.3) is 11.3 Å². The first-order chi connectivity index (χ1) is 13.3. The van der Waals surface area contributed by atoms with Gasteiger partial charge in [-0.15, -0.1) is 0 Å². The third kappa shape index (κ3) is 4.74. The summed E-state index contributed by atoms with van der Waals surface area (Å²) >= 11 is 0. The zero-order valence-electron chi connectivity index (χ0n) is 15.5. The fourth-order valence-electron chi connectivity index (χ4n) is 3.52. The molecular weight excluding hydrogens is 344 g/mol. The van der Waals surface area contributed by atoms with Crippen molar-refractivity contribution in [1.29, 1.82) is 0 Å². The molecule has 1 aromatic heterocycles. The minimum atomic E-state index is 0.221. The Balaban J connectivity index is 1.25. The molecule has 3 heterocycles. The van der Waals surface area contributed by atoms with E-state index in [9.17, 15) is 4.79 Å². The number of ether oxygens (including phenoxy) is 1. The van der Waals surface area contributed by atoms with Crippen LogP contribution < -0.4 is 0 Å². The molecule has 0 bridgehead atoms. The largest absolute Gasteiger partial charge is 0.439 e. The second kappa shape index (κ2) is 8.65. The predicted molar refractivity (Wildman–Crippen MR) is 101 cm³/mol. The van der Waals surface area contributed by atoms with Crippen LogP contribution in [0.2, 0.25) is 0 Å². The number of aromatic nitrogens is 1. The monoisotopic (exact) mass is 370 g/mol. The van der Waals surface area contributed by atoms with Gasteiger partial charge in [0.1, 0.15) is 0 Å². The number of carbonyl (C=O) groups is 1. The SMILES string of the molecule is O=C(CN1CCOCC1)N1CCN(Cc2ncc(-c3ccccc3)o2)CC1. The van der Waals surface area contributed by atoms with Crippen LogP contribution in [0.1, 0.15) is 5.89 Å². The fraction of sp³-hybridized carbons (Fsp3) is 0.500. The fourth-order valence-corrected chi connectivity index (χ4v) is 3.52. The number of rotatable bonds is 5. The molecule has 0 N–H and O–H groups in total. The molecule has 0 radical (unpaired) electrons. The number of hydrogen-bond acceptors (Lipinski definition) is 6. The van der Waals surface area contributed by atoms with Crippen LogP contribution in [0.5, 0.6) is 0 Å². The summed E-state index contributed by atoms with van der Waals surface area (Å²) in [5, 5.41) is 0. The first-order valence-corrected chi connectivity index (χ1v) is 9.58. The van der Waals surface area contributed by atoms with Crippen molar-refractivity contribution in [3.05, 3.63) is 42.4 Å². The molecule has 4 rings (SSSR count). The first kappa shape index (κ1) is 18.2. The number of morpholine rings is 1. The number of hydrogen-bond donors (Lipinski definition) is 0. The summed E-state index contributed by atoms with van der Waals surface area (Å²) in [4.78, 5) is 23.3. The predicted octanol–water partition coefficient (Wildman–Crippen LogP) is 1.32. The highest BCUT2D eigenvalue weighted by molar-refractivity contribution is 5.78. The van der Waals surface area contributed by atoms with Gasteiger partial charge in [-0.25, -0.2) is 4.98 Å². The lowest BCUT2D eigenvalue weighted by atomic mass is 10.2. The van der Waals surface area contributed by atoms with Crippen LogP contribution in [-0.4, -0.2) is 84.6 Å². The molecule has 0 aliphatic carbocycles. The van der Waals surface area contributed by atoms with E-state index in [1.165, 1.54) is 0 Å². The van der Waals surface area contributed by atoms with E-state index in [1.807, 2.05) is 35.2 Å². The number of nitrogens with zero attached hydrogens (tertiary/aromatic N) is 4. The normalized spacial score (nSPS) is 19.3. The van der Waals surface area contributed by atoms with Gasteiger partial charge in [0.25, 0.3) is 0 Å². The molecule has 27 heavy (non-hydrogen) atoms. The Morgan fingerprint density at radius 3 is 2.44 bits per heavy atom. The molecule has 2 aliphatic rings. The highest BCUT2D eigenvalue weighted by Gasteiger charge is 2.24. The van der Waals surface area contributed by atoms with E-state index in [0.717, 1.165) is 69.7 Å². The Labute approximate surface area is 159 Å². The van der Waals surface area contributed by atoms with Crippen LogP contribution in [0, 0.1) is 0 Å². The molecular formula is C20H26N4O3. The van der Waals surface area contributed by atoms with Gasteiger partial charge >= 0.3 is 0 Å². The van der Waals surface area contributed by atoms with Gasteiger partial charge in [0, 0.05) is 44.8 Å². The number of piperazine rings is 1. The zero-order valence-corrected chi connectivity index (χ0v) is 15.5. The van der Waals surface area contributed by atoms with Crippen molar-refractivity contribution >= 4 is 5.91 Å². The number of benzene rings is 1. The van der Waals surface area contributed by atoms with Gasteiger partial charge in [-0.3, -0.25) is 14.6 Å². The molecule has 7 heteroatoms. The van der Waals surface area contributed by atoms with E-state index < -0.39 is 0 Å². The number of oxazole rings is 1. The Hall–Kier alpha value is -2.22. The summed E-state index contributed by atoms with van der Waals surface area (Å²) in [7, 11) is 0. The molecule has 2 saturated heterocycles. The molecule has 144 valence electrons. The van der Waals surface area contributed by atoms with Gasteiger partial charge < -0.3 is 14.1 Å². The molecule has 1 amide bonds. The lowest BCUT2D eigenvalue weighted by Crippen LogP contribution is -2.52. The Kier molecular flexibility index (Phi) is 5.81. The molecule has 2 aromatic rings. The topological polar surface area (TPSA) is 62.1 Å². The number of carbonyl (C=O) groups excluding carboxylic acids is 1. The van der Waals surface area contributed by atoms with E-state index in [2.05, 4.69) is 14.8 Å². The maximum atomic E-state index is 12.5. The quantitative estimate of drug-likeness (QED) is 0.791. The smallest absolute Gasteiger partial charge is 0.236 e. The molecule has 2 aliphatic heterocycles. The lowest BCUT2D eigenvalue weighted by molar-refractivity contribution is -0.135. The molecule has 0 atom stereocenters. The molecule has 0 saturated carbocycles. The summed E-state index contributed by atoms with van der Waals surface area (Å²) in [6.07, 6.45) is 1.78. The van der Waals surface area contributed by atoms with Gasteiger partial charge in [0.15, 0.2) is 5.76 Å². The molecule has 7 nitrogen and oxygen atoms in total. The summed E-state index contributed by atoms with van der Waals surface area (Å²) in [5.74, 6) is 1.74. The van der Waals surface area contributed by atoms with E-state index in [1.54, 1.807) is 6.20 Å². The van der Waals surface area contributed by atoms with Gasteiger partial charge in [0.2, 0.25) is 11.8 Å². The third-order valence-electron chi connectivity index (χ3n) is 5.16. The standard InChI is InChI=1S/C20H26N4O3/c25-20(16-23-10-12-26-13-11-23)24-8-6-22(7-9-24)15-19-21-14-18(27-19)17-4-2-1-3-5-17/h1-5,14H,6-13,15-16H2. The first-order valence-electron chi connectivity index (χ1n) is 9.58. The van der Waals surface area contributed by atoms with Crippen LogP contribution in [0.15, 0.2) is 40.9 Å². The zero-order chi connectivity index (χ0) is 18.5. The molecule has 1 aromatic carbocycles. The van der Waals surface area contributed by atoms with Crippen molar-refractivity contribution in [1.82, 2.24) is 19.7 Å². The molecule has 2 fully saturated rings. The van der Waals surface area contributed by atoms with Crippen molar-refractivity contribution in [2.24, 2.45) is 0 Å². The molecule has 0 spiro atoms. The Morgan fingerprint density at radius 2 is 1.70 bits per heavy atom. The van der Waals surface area contributed by atoms with Crippen molar-refractivity contribution in [2.75, 3.05) is 59.0 Å². The van der Waals surface area contributed by atoms with Crippen molar-refractivity contribution in [3.8, 4) is 11.3 Å². The maximum absolute atomic E-state index is 12.5. The minimum absolute atomic E-state index is 0.221. The van der Waals surface area contributed by atoms with Gasteiger partial charge in [-0.1, -0.05) is 30.3 Å². The highest BCUT2D eigenvalue weighted by atomic mass is 16.5. The minimum Gasteiger partial charge on any atom is -0.439 e. The van der Waals surface area contributed by atoms with E-state index in [0.29, 0.717) is 13.1 Å². The van der Waals surface area contributed by atoms with Crippen LogP contribution in [0.4, 0.5) is 0 Å². The van der Waals surface area contributed by atoms with Crippen LogP contribution >= 0.6 is 0 Å². The van der Waals surface area contributed by atoms with Crippen molar-refractivity contribution in [3.63, 3.8) is 0 Å². The maximum Gasteiger partial charge on any atom is 0.236 e. The second-order valence-corrected chi connectivity index (χ2v) is 7.03. The van der Waals surface area contributed by atoms with Crippen molar-refractivity contribution in [2.45, 2.75) is 6.54 Å². The van der Waals surface area contributed by atoms with E-state index >= 15 is 0 Å². The second-order valence-electron chi connectivity index (χ2n) is 7.03. The third-order valence-corrected chi connectivity index (χ3v) is 5.16. The molecule has 0 unspecified atom stereocenters. The average molecular weight is 370 g/mol. The van der Waals surface area contributed by atoms with E-state index in [4.69, 9.17) is 9.15 Å². The van der Waals surface area contributed by atoms with Crippen molar-refractivity contribution < 1.29 is 13.9 Å². The van der Waals surface area contributed by atoms with Crippen LogP contribution in [-0.2, 0) is 16.1 Å². The Morgan fingerprint density at radius 1 is 0.963 bits per heavy atom. The van der Waals surface area contributed by atoms with Gasteiger partial charge in [0.05, 0.1) is 32.5 Å². The van der Waals surface area contributed by atoms with Gasteiger partial charge in [-0.05, 0) is 0 Å². The van der Waals surface area contributed by atoms with E-state index in [-0.39, 0.29) is 5.91 Å². The average Bonchev–Trinajstić information content (AvgIpc) is 3.18. The number of amides is 1. The lowest BCUT2D eigenvalue weighted by Gasteiger charge is -2.35. The summed E-state index contributed by atoms with van der Waals surface area (Å²) in [5.41, 5.74) is 1.04.